The number of ether oxygens (including phenoxy) is 1. The molecule has 0 saturated carbocycles. The van der Waals surface area contributed by atoms with Crippen LogP contribution in [0.4, 0.5) is 0 Å². The van der Waals surface area contributed by atoms with Crippen molar-refractivity contribution in [2.45, 2.75) is 12.5 Å². The summed E-state index contributed by atoms with van der Waals surface area (Å²) in [6, 6.07) is 2.52. The van der Waals surface area contributed by atoms with Crippen molar-refractivity contribution in [1.29, 1.82) is 0 Å². The lowest BCUT2D eigenvalue weighted by Crippen LogP contribution is -2.38. The largest absolute Gasteiger partial charge is 0.377 e. The molecule has 1 atom stereocenters. The molecule has 0 aliphatic carbocycles. The van der Waals surface area contributed by atoms with Crippen molar-refractivity contribution in [3.05, 3.63) is 51.3 Å². The van der Waals surface area contributed by atoms with E-state index in [-0.39, 0.29) is 11.3 Å². The molecule has 2 aliphatic rings. The third kappa shape index (κ3) is 3.59. The Balaban J connectivity index is 1.76. The third-order valence-corrected chi connectivity index (χ3v) is 5.11. The fourth-order valence-corrected chi connectivity index (χ4v) is 3.76. The summed E-state index contributed by atoms with van der Waals surface area (Å²) < 4.78 is 27.9. The number of sulfone groups is 1. The Kier molecular flexibility index (Phi) is 4.18. The highest BCUT2D eigenvalue weighted by molar-refractivity contribution is 7.94. The Bertz CT molecular complexity index is 851. The van der Waals surface area contributed by atoms with E-state index in [0.29, 0.717) is 25.3 Å². The Hall–Kier alpha value is -2.19. The molecule has 0 bridgehead atoms. The zero-order valence-corrected chi connectivity index (χ0v) is 13.1. The molecule has 2 N–H and O–H groups in total. The monoisotopic (exact) mass is 336 g/mol. The first-order valence-corrected chi connectivity index (χ1v) is 8.88. The second-order valence-corrected chi connectivity index (χ2v) is 7.34. The molecule has 2 aliphatic heterocycles. The molecule has 3 heterocycles. The highest BCUT2D eigenvalue weighted by Crippen LogP contribution is 2.18. The summed E-state index contributed by atoms with van der Waals surface area (Å²) in [7, 11) is -3.26. The highest BCUT2D eigenvalue weighted by Gasteiger charge is 2.24. The summed E-state index contributed by atoms with van der Waals surface area (Å²) in [6.07, 6.45) is 4.00. The summed E-state index contributed by atoms with van der Waals surface area (Å²) in [5.41, 5.74) is 1.10. The molecule has 122 valence electrons. The third-order valence-electron chi connectivity index (χ3n) is 3.71. The van der Waals surface area contributed by atoms with Crippen molar-refractivity contribution in [3.63, 3.8) is 0 Å². The van der Waals surface area contributed by atoms with Crippen molar-refractivity contribution in [2.75, 3.05) is 19.0 Å². The molecule has 0 spiro atoms. The number of hydrogen-bond donors (Lipinski definition) is 2. The van der Waals surface area contributed by atoms with Crippen LogP contribution < -0.4 is 10.9 Å². The molecule has 3 rings (SSSR count). The second kappa shape index (κ2) is 6.13. The number of aromatic nitrogens is 1. The number of pyridine rings is 1. The van der Waals surface area contributed by atoms with E-state index in [2.05, 4.69) is 10.3 Å². The number of carbonyl (C=O) groups is 1. The molecule has 23 heavy (non-hydrogen) atoms. The van der Waals surface area contributed by atoms with Crippen LogP contribution in [0.1, 0.15) is 22.5 Å². The van der Waals surface area contributed by atoms with Gasteiger partial charge >= 0.3 is 0 Å². The van der Waals surface area contributed by atoms with Gasteiger partial charge in [0.2, 0.25) is 0 Å². The number of nitrogens with one attached hydrogen (secondary N) is 2. The lowest BCUT2D eigenvalue weighted by Gasteiger charge is -2.14. The number of aromatic amines is 1. The standard InChI is InChI=1S/C15H16N2O5S/c18-14(16-11-5-8-23(20,21)9-11)12-1-2-13(17-15(12)19)10-3-6-22-7-4-10/h1-3,5,8,11H,4,6-7,9H2,(H,16,18)(H,17,19). The summed E-state index contributed by atoms with van der Waals surface area (Å²) in [5.74, 6) is -0.771. The summed E-state index contributed by atoms with van der Waals surface area (Å²) in [5, 5.41) is 3.60. The maximum Gasteiger partial charge on any atom is 0.261 e. The zero-order chi connectivity index (χ0) is 16.4. The predicted octanol–water partition coefficient (Wildman–Crippen LogP) is 0.219. The van der Waals surface area contributed by atoms with E-state index >= 15 is 0 Å². The molecule has 0 aromatic carbocycles. The van der Waals surface area contributed by atoms with E-state index in [9.17, 15) is 18.0 Å². The van der Waals surface area contributed by atoms with Gasteiger partial charge in [-0.15, -0.1) is 0 Å². The normalized spacial score (nSPS) is 22.6. The minimum atomic E-state index is -3.26. The summed E-state index contributed by atoms with van der Waals surface area (Å²) in [6.45, 7) is 1.10. The van der Waals surface area contributed by atoms with Gasteiger partial charge in [0, 0.05) is 11.1 Å². The minimum absolute atomic E-state index is 0.0425. The molecule has 1 aromatic heterocycles. The molecule has 8 heteroatoms. The van der Waals surface area contributed by atoms with Gasteiger partial charge < -0.3 is 15.0 Å². The van der Waals surface area contributed by atoms with Gasteiger partial charge in [-0.25, -0.2) is 8.42 Å². The van der Waals surface area contributed by atoms with E-state index in [1.807, 2.05) is 6.08 Å². The zero-order valence-electron chi connectivity index (χ0n) is 12.2. The van der Waals surface area contributed by atoms with Gasteiger partial charge in [0.25, 0.3) is 11.5 Å². The lowest BCUT2D eigenvalue weighted by atomic mass is 10.1. The van der Waals surface area contributed by atoms with E-state index in [4.69, 9.17) is 4.74 Å². The average Bonchev–Trinajstić information content (AvgIpc) is 2.86. The molecule has 1 aromatic rings. The fourth-order valence-electron chi connectivity index (χ4n) is 2.52. The van der Waals surface area contributed by atoms with Crippen LogP contribution in [0.2, 0.25) is 0 Å². The maximum absolute atomic E-state index is 12.1. The van der Waals surface area contributed by atoms with Crippen LogP contribution in [0, 0.1) is 0 Å². The number of carbonyl (C=O) groups excluding carboxylic acids is 1. The number of rotatable bonds is 3. The van der Waals surface area contributed by atoms with Gasteiger partial charge in [0.05, 0.1) is 25.0 Å². The predicted molar refractivity (Wildman–Crippen MR) is 84.7 cm³/mol. The molecule has 0 saturated heterocycles. The fraction of sp³-hybridized carbons (Fsp3) is 0.333. The molecule has 0 radical (unpaired) electrons. The van der Waals surface area contributed by atoms with Gasteiger partial charge in [0.15, 0.2) is 9.84 Å². The van der Waals surface area contributed by atoms with Crippen LogP contribution in [-0.2, 0) is 14.6 Å². The van der Waals surface area contributed by atoms with Crippen LogP contribution in [0.5, 0.6) is 0 Å². The minimum Gasteiger partial charge on any atom is -0.377 e. The molecule has 1 unspecified atom stereocenters. The van der Waals surface area contributed by atoms with E-state index in [1.54, 1.807) is 6.07 Å². The second-order valence-electron chi connectivity index (χ2n) is 5.41. The number of H-pyrrole nitrogens is 1. The maximum atomic E-state index is 12.1. The van der Waals surface area contributed by atoms with Gasteiger partial charge in [0.1, 0.15) is 5.56 Å². The van der Waals surface area contributed by atoms with Gasteiger partial charge in [-0.3, -0.25) is 9.59 Å². The Morgan fingerprint density at radius 1 is 1.35 bits per heavy atom. The molecular formula is C15H16N2O5S. The topological polar surface area (TPSA) is 105 Å². The van der Waals surface area contributed by atoms with Crippen molar-refractivity contribution in [2.24, 2.45) is 0 Å². The van der Waals surface area contributed by atoms with Gasteiger partial charge in [-0.05, 0) is 30.2 Å². The first-order chi connectivity index (χ1) is 10.9. The Labute approximate surface area is 133 Å². The van der Waals surface area contributed by atoms with Crippen molar-refractivity contribution in [1.82, 2.24) is 10.3 Å². The number of amides is 1. The van der Waals surface area contributed by atoms with E-state index in [1.165, 1.54) is 12.1 Å². The lowest BCUT2D eigenvalue weighted by molar-refractivity contribution is 0.0946. The summed E-state index contributed by atoms with van der Waals surface area (Å²) >= 11 is 0. The molecule has 7 nitrogen and oxygen atoms in total. The van der Waals surface area contributed by atoms with Gasteiger partial charge in [-0.1, -0.05) is 6.08 Å². The SMILES string of the molecule is O=C(NC1C=CS(=O)(=O)C1)c1ccc(C2=CCOCC2)[nH]c1=O. The van der Waals surface area contributed by atoms with Crippen molar-refractivity contribution in [3.8, 4) is 0 Å². The molecule has 0 fully saturated rings. The smallest absolute Gasteiger partial charge is 0.261 e. The molecular weight excluding hydrogens is 320 g/mol. The van der Waals surface area contributed by atoms with Crippen LogP contribution >= 0.6 is 0 Å². The first-order valence-electron chi connectivity index (χ1n) is 7.17. The Morgan fingerprint density at radius 3 is 2.78 bits per heavy atom. The highest BCUT2D eigenvalue weighted by atomic mass is 32.2. The van der Waals surface area contributed by atoms with Crippen LogP contribution in [0.3, 0.4) is 0 Å². The van der Waals surface area contributed by atoms with Gasteiger partial charge in [-0.2, -0.15) is 0 Å². The van der Waals surface area contributed by atoms with E-state index in [0.717, 1.165) is 11.0 Å². The number of hydrogen-bond acceptors (Lipinski definition) is 5. The van der Waals surface area contributed by atoms with Crippen LogP contribution in [-0.4, -0.2) is 44.3 Å². The molecule has 1 amide bonds. The Morgan fingerprint density at radius 2 is 2.17 bits per heavy atom. The average molecular weight is 336 g/mol. The first kappa shape index (κ1) is 15.7. The summed E-state index contributed by atoms with van der Waals surface area (Å²) in [4.78, 5) is 26.9. The quantitative estimate of drug-likeness (QED) is 0.821. The van der Waals surface area contributed by atoms with Crippen molar-refractivity contribution >= 4 is 21.3 Å². The van der Waals surface area contributed by atoms with E-state index < -0.39 is 27.3 Å². The van der Waals surface area contributed by atoms with Crippen molar-refractivity contribution < 1.29 is 17.9 Å². The van der Waals surface area contributed by atoms with Crippen LogP contribution in [0.25, 0.3) is 5.57 Å². The van der Waals surface area contributed by atoms with Crippen LogP contribution in [0.15, 0.2) is 34.5 Å².